The van der Waals surface area contributed by atoms with E-state index in [2.05, 4.69) is 10.6 Å². The number of hydrogen-bond donors (Lipinski definition) is 2. The molecular weight excluding hydrogens is 468 g/mol. The van der Waals surface area contributed by atoms with Crippen LogP contribution in [0.2, 0.25) is 0 Å². The van der Waals surface area contributed by atoms with Crippen LogP contribution in [-0.4, -0.2) is 74.3 Å². The Kier molecular flexibility index (Phi) is 9.82. The first-order valence-electron chi connectivity index (χ1n) is 10.5. The van der Waals surface area contributed by atoms with E-state index in [0.29, 0.717) is 11.4 Å². The number of amides is 2. The molecule has 0 radical (unpaired) electrons. The zero-order chi connectivity index (χ0) is 26.1. The van der Waals surface area contributed by atoms with Gasteiger partial charge in [0.1, 0.15) is 24.5 Å². The fourth-order valence-corrected chi connectivity index (χ4v) is 3.34. The highest BCUT2D eigenvalue weighted by Gasteiger charge is 2.52. The van der Waals surface area contributed by atoms with Gasteiger partial charge < -0.3 is 39.1 Å². The molecule has 2 amide bonds. The van der Waals surface area contributed by atoms with Gasteiger partial charge in [-0.1, -0.05) is 6.07 Å². The van der Waals surface area contributed by atoms with E-state index in [9.17, 15) is 24.0 Å². The maximum atomic E-state index is 12.8. The van der Waals surface area contributed by atoms with Gasteiger partial charge >= 0.3 is 29.9 Å². The van der Waals surface area contributed by atoms with E-state index in [1.807, 2.05) is 0 Å². The van der Waals surface area contributed by atoms with Crippen molar-refractivity contribution < 1.29 is 52.4 Å². The Morgan fingerprint density at radius 2 is 1.51 bits per heavy atom. The summed E-state index contributed by atoms with van der Waals surface area (Å²) in [7, 11) is 1.47. The van der Waals surface area contributed by atoms with Crippen LogP contribution in [0.25, 0.3) is 0 Å². The lowest BCUT2D eigenvalue weighted by atomic mass is 9.96. The van der Waals surface area contributed by atoms with E-state index in [4.69, 9.17) is 28.4 Å². The van der Waals surface area contributed by atoms with Crippen LogP contribution in [0.5, 0.6) is 5.75 Å². The van der Waals surface area contributed by atoms with Crippen molar-refractivity contribution in [3.05, 3.63) is 24.3 Å². The number of nitrogens with one attached hydrogen (secondary N) is 2. The standard InChI is InChI=1S/C22H28N2O11/c1-11(25)31-10-17-19(32-12(2)26)20(33-13(3)27)18(21(35-17)34-14(4)28)24-22(29)23-15-7-6-8-16(9-15)30-5/h6-9,17-21H,10H2,1-5H3,(H2,23,24,29)/t17-,18+,19+,20-,21-/m1/s1. The van der Waals surface area contributed by atoms with Crippen LogP contribution < -0.4 is 15.4 Å². The van der Waals surface area contributed by atoms with E-state index in [0.717, 1.165) is 27.7 Å². The minimum atomic E-state index is -1.49. The molecule has 1 fully saturated rings. The van der Waals surface area contributed by atoms with Crippen molar-refractivity contribution in [3.8, 4) is 5.75 Å². The Morgan fingerprint density at radius 1 is 0.886 bits per heavy atom. The fraction of sp³-hybridized carbons (Fsp3) is 0.500. The van der Waals surface area contributed by atoms with Gasteiger partial charge in [0, 0.05) is 39.4 Å². The summed E-state index contributed by atoms with van der Waals surface area (Å²) in [6.07, 6.45) is -5.35. The van der Waals surface area contributed by atoms with E-state index in [1.54, 1.807) is 24.3 Å². The van der Waals surface area contributed by atoms with Crippen LogP contribution in [0.1, 0.15) is 27.7 Å². The molecule has 0 aliphatic carbocycles. The Labute approximate surface area is 201 Å². The molecule has 35 heavy (non-hydrogen) atoms. The quantitative estimate of drug-likeness (QED) is 0.388. The number of benzene rings is 1. The predicted molar refractivity (Wildman–Crippen MR) is 117 cm³/mol. The topological polar surface area (TPSA) is 165 Å². The largest absolute Gasteiger partial charge is 0.497 e. The van der Waals surface area contributed by atoms with Crippen LogP contribution in [0.4, 0.5) is 10.5 Å². The molecule has 2 N–H and O–H groups in total. The average Bonchev–Trinajstić information content (AvgIpc) is 2.75. The molecule has 1 aliphatic rings. The van der Waals surface area contributed by atoms with Gasteiger partial charge in [-0.3, -0.25) is 19.2 Å². The Bertz CT molecular complexity index is 951. The number of ether oxygens (including phenoxy) is 6. The third-order valence-corrected chi connectivity index (χ3v) is 4.61. The smallest absolute Gasteiger partial charge is 0.319 e. The summed E-state index contributed by atoms with van der Waals surface area (Å²) in [6, 6.07) is 4.40. The van der Waals surface area contributed by atoms with E-state index < -0.39 is 67.2 Å². The number of urea groups is 1. The van der Waals surface area contributed by atoms with Gasteiger partial charge in [0.05, 0.1) is 7.11 Å². The van der Waals surface area contributed by atoms with Gasteiger partial charge in [0.2, 0.25) is 6.29 Å². The molecule has 0 saturated carbocycles. The first-order chi connectivity index (χ1) is 16.5. The number of methoxy groups -OCH3 is 1. The van der Waals surface area contributed by atoms with Gasteiger partial charge in [0.15, 0.2) is 12.2 Å². The lowest BCUT2D eigenvalue weighted by Crippen LogP contribution is -2.67. The van der Waals surface area contributed by atoms with E-state index in [1.165, 1.54) is 7.11 Å². The lowest BCUT2D eigenvalue weighted by molar-refractivity contribution is -0.270. The third-order valence-electron chi connectivity index (χ3n) is 4.61. The molecular formula is C22H28N2O11. The second-order valence-corrected chi connectivity index (χ2v) is 7.46. The summed E-state index contributed by atoms with van der Waals surface area (Å²) in [5, 5.41) is 5.11. The van der Waals surface area contributed by atoms with Gasteiger partial charge in [0.25, 0.3) is 0 Å². The SMILES string of the molecule is COc1cccc(NC(=O)N[C@@H]2[C@H](OC(C)=O)O[C@H](COC(C)=O)[C@H](OC(C)=O)[C@@H]2OC(C)=O)c1. The number of esters is 4. The maximum absolute atomic E-state index is 12.8. The highest BCUT2D eigenvalue weighted by Crippen LogP contribution is 2.28. The fourth-order valence-electron chi connectivity index (χ4n) is 3.34. The van der Waals surface area contributed by atoms with Gasteiger partial charge in [-0.05, 0) is 12.1 Å². The molecule has 0 aromatic heterocycles. The number of hydrogen-bond acceptors (Lipinski definition) is 11. The van der Waals surface area contributed by atoms with Gasteiger partial charge in [-0.25, -0.2) is 4.79 Å². The first-order valence-corrected chi connectivity index (χ1v) is 10.5. The molecule has 13 nitrogen and oxygen atoms in total. The molecule has 1 aromatic rings. The second-order valence-electron chi connectivity index (χ2n) is 7.46. The van der Waals surface area contributed by atoms with E-state index >= 15 is 0 Å². The minimum Gasteiger partial charge on any atom is -0.497 e. The third kappa shape index (κ3) is 8.45. The number of anilines is 1. The number of rotatable bonds is 8. The molecule has 1 heterocycles. The highest BCUT2D eigenvalue weighted by molar-refractivity contribution is 5.89. The van der Waals surface area contributed by atoms with Crippen molar-refractivity contribution in [3.63, 3.8) is 0 Å². The average molecular weight is 496 g/mol. The summed E-state index contributed by atoms with van der Waals surface area (Å²) < 4.78 is 31.7. The molecule has 0 spiro atoms. The molecule has 0 bridgehead atoms. The van der Waals surface area contributed by atoms with E-state index in [-0.39, 0.29) is 0 Å². The van der Waals surface area contributed by atoms with Gasteiger partial charge in [-0.2, -0.15) is 0 Å². The molecule has 1 aromatic carbocycles. The van der Waals surface area contributed by atoms with Crippen LogP contribution in [0.3, 0.4) is 0 Å². The molecule has 0 unspecified atom stereocenters. The lowest BCUT2D eigenvalue weighted by Gasteiger charge is -2.44. The summed E-state index contributed by atoms with van der Waals surface area (Å²) in [5.41, 5.74) is 0.371. The van der Waals surface area contributed by atoms with Crippen molar-refractivity contribution in [2.24, 2.45) is 0 Å². The van der Waals surface area contributed by atoms with Crippen LogP contribution in [-0.2, 0) is 42.9 Å². The monoisotopic (exact) mass is 496 g/mol. The van der Waals surface area contributed by atoms with Crippen molar-refractivity contribution in [2.45, 2.75) is 58.3 Å². The second kappa shape index (κ2) is 12.6. The zero-order valence-electron chi connectivity index (χ0n) is 19.9. The molecule has 13 heteroatoms. The van der Waals surface area contributed by atoms with Crippen molar-refractivity contribution in [1.29, 1.82) is 0 Å². The molecule has 5 atom stereocenters. The van der Waals surface area contributed by atoms with Crippen molar-refractivity contribution in [1.82, 2.24) is 5.32 Å². The molecule has 1 saturated heterocycles. The summed E-state index contributed by atoms with van der Waals surface area (Å²) in [6.45, 7) is 4.08. The Hall–Kier alpha value is -3.87. The van der Waals surface area contributed by atoms with Crippen LogP contribution >= 0.6 is 0 Å². The minimum absolute atomic E-state index is 0.371. The normalized spacial score (nSPS) is 23.3. The van der Waals surface area contributed by atoms with Gasteiger partial charge in [-0.15, -0.1) is 0 Å². The number of carbonyl (C=O) groups excluding carboxylic acids is 5. The van der Waals surface area contributed by atoms with Crippen molar-refractivity contribution >= 4 is 35.6 Å². The Balaban J connectivity index is 2.37. The van der Waals surface area contributed by atoms with Crippen molar-refractivity contribution in [2.75, 3.05) is 19.0 Å². The van der Waals surface area contributed by atoms with Crippen LogP contribution in [0, 0.1) is 0 Å². The Morgan fingerprint density at radius 3 is 2.09 bits per heavy atom. The summed E-state index contributed by atoms with van der Waals surface area (Å²) >= 11 is 0. The molecule has 192 valence electrons. The van der Waals surface area contributed by atoms with Crippen LogP contribution in [0.15, 0.2) is 24.3 Å². The summed E-state index contributed by atoms with van der Waals surface area (Å²) in [4.78, 5) is 59.6. The first kappa shape index (κ1) is 27.4. The highest BCUT2D eigenvalue weighted by atomic mass is 16.7. The summed E-state index contributed by atoms with van der Waals surface area (Å²) in [5.74, 6) is -2.46. The maximum Gasteiger partial charge on any atom is 0.319 e. The molecule has 1 aliphatic heterocycles. The molecule has 2 rings (SSSR count). The zero-order valence-corrected chi connectivity index (χ0v) is 19.9. The number of carbonyl (C=O) groups is 5. The predicted octanol–water partition coefficient (Wildman–Crippen LogP) is 0.900.